The second-order valence-electron chi connectivity index (χ2n) is 6.00. The normalized spacial score (nSPS) is 10.8. The van der Waals surface area contributed by atoms with Crippen LogP contribution < -0.4 is 15.4 Å². The quantitative estimate of drug-likeness (QED) is 0.511. The fraction of sp³-hybridized carbons (Fsp3) is 0.100. The minimum atomic E-state index is -0.0968. The van der Waals surface area contributed by atoms with Crippen LogP contribution in [0.4, 0.5) is 17.1 Å². The van der Waals surface area contributed by atoms with Gasteiger partial charge in [-0.25, -0.2) is 4.98 Å². The first-order valence-electron chi connectivity index (χ1n) is 8.23. The average Bonchev–Trinajstić information content (AvgIpc) is 3.00. The highest BCUT2D eigenvalue weighted by Gasteiger charge is 2.11. The molecule has 0 spiro atoms. The molecule has 2 aromatic carbocycles. The van der Waals surface area contributed by atoms with Crippen molar-refractivity contribution in [3.8, 4) is 5.75 Å². The molecule has 0 fully saturated rings. The molecule has 0 radical (unpaired) electrons. The summed E-state index contributed by atoms with van der Waals surface area (Å²) in [5.74, 6) is 0.716. The molecule has 0 bridgehead atoms. The van der Waals surface area contributed by atoms with Crippen molar-refractivity contribution in [1.29, 1.82) is 0 Å². The molecule has 6 heteroatoms. The van der Waals surface area contributed by atoms with Crippen molar-refractivity contribution in [1.82, 2.24) is 9.97 Å². The number of hydrogen-bond acceptors (Lipinski definition) is 4. The summed E-state index contributed by atoms with van der Waals surface area (Å²) in [4.78, 5) is 19.0. The van der Waals surface area contributed by atoms with Crippen LogP contribution in [0.3, 0.4) is 0 Å². The molecule has 0 saturated heterocycles. The number of aromatic amines is 1. The number of ether oxygens (including phenoxy) is 1. The Hall–Kier alpha value is -3.54. The summed E-state index contributed by atoms with van der Waals surface area (Å²) < 4.78 is 5.20. The van der Waals surface area contributed by atoms with E-state index in [0.29, 0.717) is 0 Å². The van der Waals surface area contributed by atoms with E-state index in [-0.39, 0.29) is 5.91 Å². The average molecular weight is 346 g/mol. The minimum Gasteiger partial charge on any atom is -0.497 e. The number of methoxy groups -OCH3 is 1. The number of anilines is 3. The van der Waals surface area contributed by atoms with Crippen LogP contribution in [0, 0.1) is 0 Å². The van der Waals surface area contributed by atoms with Crippen LogP contribution in [0.1, 0.15) is 6.92 Å². The van der Waals surface area contributed by atoms with Gasteiger partial charge in [0, 0.05) is 35.4 Å². The van der Waals surface area contributed by atoms with E-state index in [1.807, 2.05) is 48.5 Å². The molecular formula is C20H18N4O2. The molecule has 0 aliphatic carbocycles. The highest BCUT2D eigenvalue weighted by Crippen LogP contribution is 2.33. The van der Waals surface area contributed by atoms with Gasteiger partial charge < -0.3 is 20.4 Å². The molecule has 0 aliphatic rings. The van der Waals surface area contributed by atoms with Crippen molar-refractivity contribution in [3.63, 3.8) is 0 Å². The van der Waals surface area contributed by atoms with Crippen LogP contribution in [0.25, 0.3) is 21.9 Å². The van der Waals surface area contributed by atoms with E-state index in [1.165, 1.54) is 6.92 Å². The van der Waals surface area contributed by atoms with Gasteiger partial charge in [-0.2, -0.15) is 0 Å². The molecule has 2 aromatic heterocycles. The molecule has 4 rings (SSSR count). The van der Waals surface area contributed by atoms with Gasteiger partial charge in [-0.1, -0.05) is 6.07 Å². The SMILES string of the molecule is COc1ccc(Nc2ccnc3[nH]c4cc(NC(C)=O)ccc4c23)cc1. The number of benzene rings is 2. The smallest absolute Gasteiger partial charge is 0.221 e. The minimum absolute atomic E-state index is 0.0968. The van der Waals surface area contributed by atoms with Crippen LogP contribution in [-0.4, -0.2) is 23.0 Å². The number of rotatable bonds is 4. The summed E-state index contributed by atoms with van der Waals surface area (Å²) in [5.41, 5.74) is 4.38. The number of nitrogens with one attached hydrogen (secondary N) is 3. The maximum absolute atomic E-state index is 11.3. The predicted octanol–water partition coefficient (Wildman–Crippen LogP) is 4.43. The maximum atomic E-state index is 11.3. The fourth-order valence-electron chi connectivity index (χ4n) is 3.04. The van der Waals surface area contributed by atoms with E-state index < -0.39 is 0 Å². The number of amides is 1. The third-order valence-corrected chi connectivity index (χ3v) is 4.18. The van der Waals surface area contributed by atoms with E-state index in [0.717, 1.165) is 44.7 Å². The summed E-state index contributed by atoms with van der Waals surface area (Å²) >= 11 is 0. The molecule has 3 N–H and O–H groups in total. The second kappa shape index (κ2) is 6.40. The van der Waals surface area contributed by atoms with Gasteiger partial charge in [-0.3, -0.25) is 4.79 Å². The maximum Gasteiger partial charge on any atom is 0.221 e. The molecule has 0 atom stereocenters. The molecular weight excluding hydrogens is 328 g/mol. The Morgan fingerprint density at radius 2 is 1.85 bits per heavy atom. The zero-order chi connectivity index (χ0) is 18.1. The van der Waals surface area contributed by atoms with E-state index in [9.17, 15) is 4.79 Å². The Morgan fingerprint density at radius 3 is 2.58 bits per heavy atom. The van der Waals surface area contributed by atoms with Gasteiger partial charge in [0.15, 0.2) is 0 Å². The summed E-state index contributed by atoms with van der Waals surface area (Å²) in [6, 6.07) is 15.5. The summed E-state index contributed by atoms with van der Waals surface area (Å²) in [6.07, 6.45) is 1.76. The summed E-state index contributed by atoms with van der Waals surface area (Å²) in [5, 5.41) is 8.28. The summed E-state index contributed by atoms with van der Waals surface area (Å²) in [7, 11) is 1.65. The Kier molecular flexibility index (Phi) is 3.93. The van der Waals surface area contributed by atoms with Crippen molar-refractivity contribution in [2.45, 2.75) is 6.92 Å². The number of nitrogens with zero attached hydrogens (tertiary/aromatic N) is 1. The lowest BCUT2D eigenvalue weighted by molar-refractivity contribution is -0.114. The van der Waals surface area contributed by atoms with Crippen molar-refractivity contribution in [2.24, 2.45) is 0 Å². The monoisotopic (exact) mass is 346 g/mol. The van der Waals surface area contributed by atoms with Crippen LogP contribution in [0.5, 0.6) is 5.75 Å². The lowest BCUT2D eigenvalue weighted by atomic mass is 10.1. The molecule has 1 amide bonds. The molecule has 2 heterocycles. The Bertz CT molecular complexity index is 1100. The van der Waals surface area contributed by atoms with E-state index in [4.69, 9.17) is 4.74 Å². The van der Waals surface area contributed by atoms with Gasteiger partial charge in [0.25, 0.3) is 0 Å². The highest BCUT2D eigenvalue weighted by atomic mass is 16.5. The molecule has 26 heavy (non-hydrogen) atoms. The molecule has 6 nitrogen and oxygen atoms in total. The van der Waals surface area contributed by atoms with Crippen molar-refractivity contribution in [3.05, 3.63) is 54.7 Å². The van der Waals surface area contributed by atoms with Crippen molar-refractivity contribution in [2.75, 3.05) is 17.7 Å². The lowest BCUT2D eigenvalue weighted by Crippen LogP contribution is -2.05. The number of fused-ring (bicyclic) bond motifs is 3. The Labute approximate surface area is 150 Å². The van der Waals surface area contributed by atoms with Crippen LogP contribution >= 0.6 is 0 Å². The number of H-pyrrole nitrogens is 1. The van der Waals surface area contributed by atoms with E-state index in [2.05, 4.69) is 20.6 Å². The lowest BCUT2D eigenvalue weighted by Gasteiger charge is -2.09. The van der Waals surface area contributed by atoms with Crippen molar-refractivity contribution < 1.29 is 9.53 Å². The first-order valence-corrected chi connectivity index (χ1v) is 8.23. The third kappa shape index (κ3) is 2.93. The van der Waals surface area contributed by atoms with Gasteiger partial charge in [-0.15, -0.1) is 0 Å². The number of pyridine rings is 1. The van der Waals surface area contributed by atoms with Crippen molar-refractivity contribution >= 4 is 44.9 Å². The molecule has 0 unspecified atom stereocenters. The highest BCUT2D eigenvalue weighted by molar-refractivity contribution is 6.13. The fourth-order valence-corrected chi connectivity index (χ4v) is 3.04. The predicted molar refractivity (Wildman–Crippen MR) is 104 cm³/mol. The number of aromatic nitrogens is 2. The summed E-state index contributed by atoms with van der Waals surface area (Å²) in [6.45, 7) is 1.49. The number of carbonyl (C=O) groups excluding carboxylic acids is 1. The van der Waals surface area contributed by atoms with Gasteiger partial charge in [0.2, 0.25) is 5.91 Å². The standard InChI is InChI=1S/C20H18N4O2/c1-12(25)22-14-5-8-16-18(11-14)24-20-19(16)17(9-10-21-20)23-13-3-6-15(26-2)7-4-13/h3-11H,1-2H3,(H,22,25)(H2,21,23,24). The second-order valence-corrected chi connectivity index (χ2v) is 6.00. The van der Waals surface area contributed by atoms with Crippen LogP contribution in [0.2, 0.25) is 0 Å². The van der Waals surface area contributed by atoms with Crippen LogP contribution in [-0.2, 0) is 4.79 Å². The zero-order valence-electron chi connectivity index (χ0n) is 14.5. The molecule has 0 aliphatic heterocycles. The third-order valence-electron chi connectivity index (χ3n) is 4.18. The van der Waals surface area contributed by atoms with Gasteiger partial charge in [0.05, 0.1) is 18.2 Å². The van der Waals surface area contributed by atoms with E-state index >= 15 is 0 Å². The Balaban J connectivity index is 1.78. The Morgan fingerprint density at radius 1 is 1.08 bits per heavy atom. The zero-order valence-corrected chi connectivity index (χ0v) is 14.5. The topological polar surface area (TPSA) is 79.0 Å². The van der Waals surface area contributed by atoms with Crippen LogP contribution in [0.15, 0.2) is 54.7 Å². The van der Waals surface area contributed by atoms with Gasteiger partial charge >= 0.3 is 0 Å². The van der Waals surface area contributed by atoms with Gasteiger partial charge in [0.1, 0.15) is 11.4 Å². The van der Waals surface area contributed by atoms with E-state index in [1.54, 1.807) is 13.3 Å². The van der Waals surface area contributed by atoms with Gasteiger partial charge in [-0.05, 0) is 42.5 Å². The largest absolute Gasteiger partial charge is 0.497 e. The first-order chi connectivity index (χ1) is 12.6. The molecule has 130 valence electrons. The number of carbonyl (C=O) groups is 1. The first kappa shape index (κ1) is 16.0. The molecule has 0 saturated carbocycles. The number of hydrogen-bond donors (Lipinski definition) is 3. The molecule has 4 aromatic rings.